The maximum absolute atomic E-state index is 2.80. The van der Waals surface area contributed by atoms with E-state index < -0.39 is 5.91 Å². The van der Waals surface area contributed by atoms with E-state index in [-0.39, 0.29) is 0 Å². The van der Waals surface area contributed by atoms with Gasteiger partial charge in [-0.25, -0.2) is 0 Å². The number of fused-ring (bicyclic) bond motifs is 12. The fourth-order valence-electron chi connectivity index (χ4n) is 12.7. The zero-order valence-electron chi connectivity index (χ0n) is 36.6. The second kappa shape index (κ2) is 9.79. The van der Waals surface area contributed by atoms with Gasteiger partial charge < -0.3 is 0 Å². The van der Waals surface area contributed by atoms with Gasteiger partial charge in [0.1, 0.15) is 0 Å². The van der Waals surface area contributed by atoms with Crippen LogP contribution in [0.5, 0.6) is 0 Å². The van der Waals surface area contributed by atoms with Gasteiger partial charge in [0.25, 0.3) is 0 Å². The molecule has 0 amide bonds. The van der Waals surface area contributed by atoms with Crippen molar-refractivity contribution in [2.45, 2.75) is 117 Å². The van der Waals surface area contributed by atoms with Crippen LogP contribution in [0.1, 0.15) is 123 Å². The number of rotatable bonds is 0. The minimum atomic E-state index is -0.781. The van der Waals surface area contributed by atoms with Gasteiger partial charge >= 0.3 is 5.91 Å². The molecule has 4 aromatic carbocycles. The lowest BCUT2D eigenvalue weighted by Gasteiger charge is -2.37. The van der Waals surface area contributed by atoms with Crippen molar-refractivity contribution in [2.24, 2.45) is 0 Å². The number of hydrogen-bond donors (Lipinski definition) is 0. The summed E-state index contributed by atoms with van der Waals surface area (Å²) >= 11 is 0. The van der Waals surface area contributed by atoms with Crippen molar-refractivity contribution in [3.63, 3.8) is 0 Å². The Morgan fingerprint density at radius 3 is 0.965 bits per heavy atom. The van der Waals surface area contributed by atoms with Gasteiger partial charge in [-0.05, 0) is 200 Å². The summed E-state index contributed by atoms with van der Waals surface area (Å²) in [6, 6.07) is 0. The van der Waals surface area contributed by atoms with E-state index in [0.717, 1.165) is 0 Å². The fourth-order valence-corrected chi connectivity index (χ4v) is 12.7. The summed E-state index contributed by atoms with van der Waals surface area (Å²) in [5, 5.41) is 8.24. The lowest BCUT2D eigenvalue weighted by Crippen LogP contribution is -2.69. The first kappa shape index (κ1) is 33.6. The van der Waals surface area contributed by atoms with E-state index in [0.29, 0.717) is 0 Å². The Morgan fingerprint density at radius 1 is 0.316 bits per heavy atom. The second-order valence-corrected chi connectivity index (χ2v) is 18.6. The summed E-state index contributed by atoms with van der Waals surface area (Å²) in [5.41, 5.74) is 35.9. The predicted molar refractivity (Wildman–Crippen MR) is 239 cm³/mol. The molecule has 0 fully saturated rings. The Balaban J connectivity index is 1.47. The Morgan fingerprint density at radius 2 is 0.614 bits per heavy atom. The van der Waals surface area contributed by atoms with Crippen molar-refractivity contribution in [3.8, 4) is 0 Å². The zero-order chi connectivity index (χ0) is 40.1. The molecule has 0 N–H and O–H groups in total. The maximum Gasteiger partial charge on any atom is 0.553 e. The summed E-state index contributed by atoms with van der Waals surface area (Å²) in [7, 11) is 0. The summed E-state index contributed by atoms with van der Waals surface area (Å²) < 4.78 is 11.2. The molecule has 4 nitrogen and oxygen atoms in total. The minimum absolute atomic E-state index is 0.781. The Hall–Kier alpha value is -5.48. The van der Waals surface area contributed by atoms with Crippen LogP contribution in [0.2, 0.25) is 0 Å². The molecule has 6 aromatic rings. The van der Waals surface area contributed by atoms with Crippen molar-refractivity contribution >= 4 is 68.7 Å². The molecule has 0 saturated heterocycles. The van der Waals surface area contributed by atoms with Crippen LogP contribution < -0.4 is 10.7 Å². The fraction of sp³-hybridized carbons (Fsp3) is 0.321. The van der Waals surface area contributed by atoms with Crippen molar-refractivity contribution in [1.29, 1.82) is 0 Å². The highest BCUT2D eigenvalue weighted by Crippen LogP contribution is 2.57. The second-order valence-electron chi connectivity index (χ2n) is 18.6. The van der Waals surface area contributed by atoms with Crippen LogP contribution in [0.3, 0.4) is 0 Å². The van der Waals surface area contributed by atoms with Crippen molar-refractivity contribution in [1.82, 2.24) is 9.13 Å². The average Bonchev–Trinajstić information content (AvgIpc) is 3.92. The highest BCUT2D eigenvalue weighted by atomic mass is 15.6. The lowest BCUT2D eigenvalue weighted by molar-refractivity contribution is -0.805. The van der Waals surface area contributed by atoms with Gasteiger partial charge in [-0.3, -0.25) is 0 Å². The molecule has 2 aromatic heterocycles. The van der Waals surface area contributed by atoms with Crippen LogP contribution in [0.25, 0.3) is 57.2 Å². The van der Waals surface area contributed by atoms with E-state index in [1.807, 2.05) is 0 Å². The van der Waals surface area contributed by atoms with E-state index >= 15 is 0 Å². The molecule has 8 heterocycles. The van der Waals surface area contributed by atoms with Gasteiger partial charge in [0.05, 0.1) is 44.3 Å². The molecule has 57 heavy (non-hydrogen) atoms. The largest absolute Gasteiger partial charge is 0.553 e. The molecule has 0 saturated carbocycles. The van der Waals surface area contributed by atoms with Crippen molar-refractivity contribution < 1.29 is 9.15 Å². The van der Waals surface area contributed by atoms with Crippen LogP contribution in [0.15, 0.2) is 0 Å². The van der Waals surface area contributed by atoms with Gasteiger partial charge in [0, 0.05) is 45.8 Å². The molecule has 0 bridgehead atoms. The summed E-state index contributed by atoms with van der Waals surface area (Å²) in [6.45, 7) is 37.7. The molecule has 1 spiro atoms. The third-order valence-corrected chi connectivity index (χ3v) is 17.0. The van der Waals surface area contributed by atoms with E-state index in [1.165, 1.54) is 178 Å². The molecule has 0 atom stereocenters. The van der Waals surface area contributed by atoms with E-state index in [9.17, 15) is 0 Å². The molecule has 12 rings (SSSR count). The molecule has 6 aliphatic heterocycles. The SMILES string of the molecule is Cc1c(C)c(C)c2c(c1C)C1=Cc3c4c(C)c(C)c(C)c(C)c4c4n3C35n6c(c7c(C)c(C)c(C)c(C)c7c6=CC6=[N+]3C(=C4)c3c(C)c(C)c(C)c(C)c36)=CC2=[N+]15. The Kier molecular flexibility index (Phi) is 5.78. The molecule has 0 unspecified atom stereocenters. The third kappa shape index (κ3) is 3.14. The Labute approximate surface area is 335 Å². The molecule has 4 heteroatoms. The third-order valence-electron chi connectivity index (χ3n) is 17.0. The van der Waals surface area contributed by atoms with Crippen molar-refractivity contribution in [2.75, 3.05) is 0 Å². The molecule has 0 radical (unpaired) electrons. The monoisotopic (exact) mass is 744 g/mol. The van der Waals surface area contributed by atoms with E-state index in [2.05, 4.69) is 153 Å². The molecular formula is C53H52N4+2. The van der Waals surface area contributed by atoms with Gasteiger partial charge in [0.15, 0.2) is 0 Å². The van der Waals surface area contributed by atoms with E-state index in [4.69, 9.17) is 0 Å². The van der Waals surface area contributed by atoms with Gasteiger partial charge in [-0.15, -0.1) is 0 Å². The van der Waals surface area contributed by atoms with Gasteiger partial charge in [-0.1, -0.05) is 9.15 Å². The summed E-state index contributed by atoms with van der Waals surface area (Å²) in [4.78, 5) is 0. The minimum Gasteiger partial charge on any atom is -0.198 e. The molecular weight excluding hydrogens is 693 g/mol. The molecule has 0 aliphatic carbocycles. The number of benzene rings is 4. The van der Waals surface area contributed by atoms with Gasteiger partial charge in [-0.2, -0.15) is 9.13 Å². The van der Waals surface area contributed by atoms with Crippen LogP contribution in [0, 0.1) is 111 Å². The topological polar surface area (TPSA) is 15.9 Å². The average molecular weight is 745 g/mol. The smallest absolute Gasteiger partial charge is 0.198 e. The molecule has 6 aliphatic rings. The Bertz CT molecular complexity index is 3260. The van der Waals surface area contributed by atoms with Crippen LogP contribution in [-0.4, -0.2) is 29.7 Å². The first-order valence-corrected chi connectivity index (χ1v) is 21.0. The van der Waals surface area contributed by atoms with Crippen molar-refractivity contribution in [3.05, 3.63) is 133 Å². The van der Waals surface area contributed by atoms with Crippen LogP contribution >= 0.6 is 0 Å². The normalized spacial score (nSPS) is 16.9. The maximum atomic E-state index is 2.80. The zero-order valence-corrected chi connectivity index (χ0v) is 36.6. The van der Waals surface area contributed by atoms with Crippen LogP contribution in [-0.2, 0) is 5.91 Å². The number of aryl methyl sites for hydroxylation is 4. The summed E-state index contributed by atoms with van der Waals surface area (Å²) in [5.74, 6) is -0.781. The number of aromatic nitrogens is 2. The number of nitrogens with zero attached hydrogens (tertiary/aromatic N) is 4. The molecule has 282 valence electrons. The standard InChI is InChI=1S/C53H52N4/c1-21-22(2)30(10)46-38-18-40-48-32(12)25(5)26(6)34(14)50(48)42-20-44-52-36(16)28(8)27(7)35(15)51(52)43-19-41-49-33(13)24(4)23(3)31(11)47(49)39-17-37(45(46)29(21)9)54(38)53(55(39)41,56(40)42)57(43)44/h17-20H,1-16H3/q+2. The highest BCUT2D eigenvalue weighted by molar-refractivity contribution is 6.28. The van der Waals surface area contributed by atoms with Crippen LogP contribution in [0.4, 0.5) is 0 Å². The first-order valence-electron chi connectivity index (χ1n) is 21.0. The quantitative estimate of drug-likeness (QED) is 0.138. The number of hydrogen-bond acceptors (Lipinski definition) is 0. The summed E-state index contributed by atoms with van der Waals surface area (Å²) in [6.07, 6.45) is 10.3. The van der Waals surface area contributed by atoms with E-state index in [1.54, 1.807) is 0 Å². The predicted octanol–water partition coefficient (Wildman–Crippen LogP) is 9.89. The van der Waals surface area contributed by atoms with Gasteiger partial charge in [0.2, 0.25) is 22.8 Å². The lowest BCUT2D eigenvalue weighted by atomic mass is 9.86. The highest BCUT2D eigenvalue weighted by Gasteiger charge is 2.73. The first-order chi connectivity index (χ1) is 27.0.